The largest absolute Gasteiger partial charge is 0.462 e. The first-order chi connectivity index (χ1) is 9.17. The molecule has 0 aliphatic carbocycles. The topological polar surface area (TPSA) is 70.1 Å². The van der Waals surface area contributed by atoms with Gasteiger partial charge in [0.05, 0.1) is 29.9 Å². The molecule has 19 heavy (non-hydrogen) atoms. The number of esters is 1. The fraction of sp³-hybridized carbons (Fsp3) is 0.429. The number of nitrogens with zero attached hydrogens (tertiary/aromatic N) is 2. The molecule has 1 aromatic heterocycles. The minimum Gasteiger partial charge on any atom is -0.462 e. The summed E-state index contributed by atoms with van der Waals surface area (Å²) in [6, 6.07) is 5.73. The van der Waals surface area contributed by atoms with E-state index in [-0.39, 0.29) is 12.0 Å². The maximum atomic E-state index is 11.7. The van der Waals surface area contributed by atoms with Crippen molar-refractivity contribution >= 4 is 16.9 Å². The van der Waals surface area contributed by atoms with Gasteiger partial charge in [-0.1, -0.05) is 0 Å². The predicted octanol–water partition coefficient (Wildman–Crippen LogP) is 2.12. The molecule has 1 aromatic carbocycles. The zero-order chi connectivity index (χ0) is 13.8. The van der Waals surface area contributed by atoms with Crippen LogP contribution in [-0.4, -0.2) is 28.9 Å². The normalized spacial score (nSPS) is 12.6. The second-order valence-electron chi connectivity index (χ2n) is 4.51. The number of ether oxygens (including phenoxy) is 1. The number of rotatable bonds is 5. The van der Waals surface area contributed by atoms with Crippen LogP contribution in [0, 0.1) is 0 Å². The average Bonchev–Trinajstić information content (AvgIpc) is 2.82. The third-order valence-corrected chi connectivity index (χ3v) is 3.11. The van der Waals surface area contributed by atoms with E-state index in [1.54, 1.807) is 19.2 Å². The second-order valence-corrected chi connectivity index (χ2v) is 4.51. The minimum atomic E-state index is -0.299. The fourth-order valence-electron chi connectivity index (χ4n) is 2.11. The van der Waals surface area contributed by atoms with Crippen molar-refractivity contribution in [3.05, 3.63) is 30.0 Å². The van der Waals surface area contributed by atoms with Crippen molar-refractivity contribution in [2.24, 2.45) is 5.73 Å². The summed E-state index contributed by atoms with van der Waals surface area (Å²) in [4.78, 5) is 11.7. The van der Waals surface area contributed by atoms with Crippen molar-refractivity contribution in [3.63, 3.8) is 0 Å². The summed E-state index contributed by atoms with van der Waals surface area (Å²) in [5, 5.41) is 5.31. The van der Waals surface area contributed by atoms with Crippen LogP contribution in [-0.2, 0) is 4.74 Å². The highest BCUT2D eigenvalue weighted by atomic mass is 16.5. The lowest BCUT2D eigenvalue weighted by atomic mass is 10.1. The van der Waals surface area contributed by atoms with E-state index >= 15 is 0 Å². The van der Waals surface area contributed by atoms with Crippen LogP contribution in [0.1, 0.15) is 36.7 Å². The number of nitrogens with two attached hydrogens (primary N) is 1. The minimum absolute atomic E-state index is 0.246. The highest BCUT2D eigenvalue weighted by Crippen LogP contribution is 2.21. The smallest absolute Gasteiger partial charge is 0.338 e. The summed E-state index contributed by atoms with van der Waals surface area (Å²) in [6.07, 6.45) is 2.64. The molecule has 2 rings (SSSR count). The second kappa shape index (κ2) is 5.84. The van der Waals surface area contributed by atoms with Gasteiger partial charge >= 0.3 is 5.97 Å². The molecule has 0 aliphatic heterocycles. The number of fused-ring (bicyclic) bond motifs is 1. The Morgan fingerprint density at radius 2 is 2.32 bits per heavy atom. The molecule has 0 aliphatic rings. The van der Waals surface area contributed by atoms with Crippen LogP contribution < -0.4 is 5.73 Å². The molecule has 0 fully saturated rings. The maximum absolute atomic E-state index is 11.7. The van der Waals surface area contributed by atoms with Crippen LogP contribution in [0.15, 0.2) is 24.4 Å². The number of carbonyl (C=O) groups excluding carboxylic acids is 1. The van der Waals surface area contributed by atoms with Gasteiger partial charge in [0.25, 0.3) is 0 Å². The standard InChI is InChI=1S/C14H19N3O2/c1-3-19-14(18)11-4-5-13-12(8-11)9-16-17(13)10(2)6-7-15/h4-5,8-10H,3,6-7,15H2,1-2H3/t10-/m1/s1. The zero-order valence-electron chi connectivity index (χ0n) is 11.3. The Hall–Kier alpha value is -1.88. The average molecular weight is 261 g/mol. The molecule has 2 aromatic rings. The van der Waals surface area contributed by atoms with E-state index in [1.165, 1.54) is 0 Å². The Kier molecular flexibility index (Phi) is 4.16. The molecule has 0 amide bonds. The van der Waals surface area contributed by atoms with Gasteiger partial charge in [0, 0.05) is 5.39 Å². The van der Waals surface area contributed by atoms with E-state index in [2.05, 4.69) is 12.0 Å². The maximum Gasteiger partial charge on any atom is 0.338 e. The summed E-state index contributed by atoms with van der Waals surface area (Å²) in [7, 11) is 0. The molecule has 1 atom stereocenters. The van der Waals surface area contributed by atoms with Crippen LogP contribution in [0.3, 0.4) is 0 Å². The lowest BCUT2D eigenvalue weighted by Gasteiger charge is -2.12. The first-order valence-electron chi connectivity index (χ1n) is 6.51. The number of hydrogen-bond donors (Lipinski definition) is 1. The van der Waals surface area contributed by atoms with Crippen molar-refractivity contribution in [2.75, 3.05) is 13.2 Å². The summed E-state index contributed by atoms with van der Waals surface area (Å²) >= 11 is 0. The van der Waals surface area contributed by atoms with Crippen LogP contribution in [0.4, 0.5) is 0 Å². The SMILES string of the molecule is CCOC(=O)c1ccc2c(cnn2[C@H](C)CCN)c1. The van der Waals surface area contributed by atoms with E-state index in [0.717, 1.165) is 17.3 Å². The Bertz CT molecular complexity index is 577. The molecule has 0 radical (unpaired) electrons. The Balaban J connectivity index is 2.34. The van der Waals surface area contributed by atoms with Gasteiger partial charge in [-0.25, -0.2) is 4.79 Å². The fourth-order valence-corrected chi connectivity index (χ4v) is 2.11. The highest BCUT2D eigenvalue weighted by Gasteiger charge is 2.12. The number of aromatic nitrogens is 2. The van der Waals surface area contributed by atoms with Gasteiger partial charge in [-0.15, -0.1) is 0 Å². The molecule has 1 heterocycles. The summed E-state index contributed by atoms with van der Waals surface area (Å²) in [5.74, 6) is -0.299. The molecule has 0 saturated carbocycles. The third kappa shape index (κ3) is 2.76. The van der Waals surface area contributed by atoms with Crippen molar-refractivity contribution in [1.82, 2.24) is 9.78 Å². The molecule has 2 N–H and O–H groups in total. The van der Waals surface area contributed by atoms with Gasteiger partial charge < -0.3 is 10.5 Å². The molecule has 0 saturated heterocycles. The van der Waals surface area contributed by atoms with Gasteiger partial charge in [-0.2, -0.15) is 5.10 Å². The molecule has 0 bridgehead atoms. The third-order valence-electron chi connectivity index (χ3n) is 3.11. The number of carbonyl (C=O) groups is 1. The van der Waals surface area contributed by atoms with E-state index in [1.807, 2.05) is 16.8 Å². The van der Waals surface area contributed by atoms with E-state index in [4.69, 9.17) is 10.5 Å². The summed E-state index contributed by atoms with van der Waals surface area (Å²) in [6.45, 7) is 4.88. The van der Waals surface area contributed by atoms with E-state index in [9.17, 15) is 4.79 Å². The monoisotopic (exact) mass is 261 g/mol. The first kappa shape index (κ1) is 13.5. The molecule has 102 valence electrons. The molecule has 5 heteroatoms. The van der Waals surface area contributed by atoms with Crippen molar-refractivity contribution in [1.29, 1.82) is 0 Å². The molecule has 5 nitrogen and oxygen atoms in total. The van der Waals surface area contributed by atoms with E-state index < -0.39 is 0 Å². The number of hydrogen-bond acceptors (Lipinski definition) is 4. The van der Waals surface area contributed by atoms with Gasteiger partial charge in [-0.3, -0.25) is 4.68 Å². The van der Waals surface area contributed by atoms with Crippen LogP contribution in [0.25, 0.3) is 10.9 Å². The van der Waals surface area contributed by atoms with Crippen LogP contribution in [0.5, 0.6) is 0 Å². The zero-order valence-corrected chi connectivity index (χ0v) is 11.3. The van der Waals surface area contributed by atoms with Crippen LogP contribution in [0.2, 0.25) is 0 Å². The quantitative estimate of drug-likeness (QED) is 0.837. The lowest BCUT2D eigenvalue weighted by molar-refractivity contribution is 0.0526. The summed E-state index contributed by atoms with van der Waals surface area (Å²) in [5.41, 5.74) is 7.14. The molecule has 0 unspecified atom stereocenters. The summed E-state index contributed by atoms with van der Waals surface area (Å²) < 4.78 is 6.93. The Labute approximate surface area is 112 Å². The first-order valence-corrected chi connectivity index (χ1v) is 6.51. The van der Waals surface area contributed by atoms with Crippen LogP contribution >= 0.6 is 0 Å². The predicted molar refractivity (Wildman–Crippen MR) is 74.1 cm³/mol. The van der Waals surface area contributed by atoms with E-state index in [0.29, 0.717) is 18.7 Å². The molecular weight excluding hydrogens is 242 g/mol. The van der Waals surface area contributed by atoms with Gasteiger partial charge in [0.15, 0.2) is 0 Å². The van der Waals surface area contributed by atoms with Crippen molar-refractivity contribution in [3.8, 4) is 0 Å². The molecular formula is C14H19N3O2. The Morgan fingerprint density at radius 3 is 3.00 bits per heavy atom. The van der Waals surface area contributed by atoms with Crippen molar-refractivity contribution < 1.29 is 9.53 Å². The lowest BCUT2D eigenvalue weighted by Crippen LogP contribution is -2.12. The highest BCUT2D eigenvalue weighted by molar-refractivity contribution is 5.94. The van der Waals surface area contributed by atoms with Gasteiger partial charge in [0.1, 0.15) is 0 Å². The number of benzene rings is 1. The Morgan fingerprint density at radius 1 is 1.53 bits per heavy atom. The van der Waals surface area contributed by atoms with Gasteiger partial charge in [-0.05, 0) is 45.0 Å². The molecule has 0 spiro atoms. The van der Waals surface area contributed by atoms with Gasteiger partial charge in [0.2, 0.25) is 0 Å². The van der Waals surface area contributed by atoms with Crippen molar-refractivity contribution in [2.45, 2.75) is 26.3 Å².